The summed E-state index contributed by atoms with van der Waals surface area (Å²) in [5.41, 5.74) is 0.313. The van der Waals surface area contributed by atoms with Crippen LogP contribution < -0.4 is 0 Å². The van der Waals surface area contributed by atoms with Crippen LogP contribution in [0.25, 0.3) is 0 Å². The average Bonchev–Trinajstić information content (AvgIpc) is 2.12. The van der Waals surface area contributed by atoms with Gasteiger partial charge in [-0.2, -0.15) is 0 Å². The molecule has 0 heterocycles. The molecule has 14 heavy (non-hydrogen) atoms. The summed E-state index contributed by atoms with van der Waals surface area (Å²) in [5.74, 6) is -0.374. The maximum absolute atomic E-state index is 13.2. The molecule has 0 radical (unpaired) electrons. The summed E-state index contributed by atoms with van der Waals surface area (Å²) in [6.07, 6.45) is 1.36. The normalized spacial score (nSPS) is 10.2. The van der Waals surface area contributed by atoms with Crippen molar-refractivity contribution in [3.05, 3.63) is 34.6 Å². The maximum Gasteiger partial charge on any atom is 0.137 e. The predicted molar refractivity (Wildman–Crippen MR) is 55.0 cm³/mol. The Kier molecular flexibility index (Phi) is 4.08. The summed E-state index contributed by atoms with van der Waals surface area (Å²) in [6.45, 7) is 1.92. The van der Waals surface area contributed by atoms with E-state index in [2.05, 4.69) is 0 Å². The molecule has 0 aliphatic rings. The molecule has 0 spiro atoms. The fourth-order valence-corrected chi connectivity index (χ4v) is 1.50. The van der Waals surface area contributed by atoms with E-state index in [1.807, 2.05) is 6.92 Å². The zero-order valence-corrected chi connectivity index (χ0v) is 8.77. The smallest absolute Gasteiger partial charge is 0.137 e. The van der Waals surface area contributed by atoms with E-state index in [1.165, 1.54) is 12.1 Å². The first-order valence-corrected chi connectivity index (χ1v) is 4.97. The van der Waals surface area contributed by atoms with E-state index in [9.17, 15) is 9.18 Å². The van der Waals surface area contributed by atoms with Gasteiger partial charge in [0.1, 0.15) is 11.6 Å². The topological polar surface area (TPSA) is 17.1 Å². The highest BCUT2D eigenvalue weighted by atomic mass is 35.5. The quantitative estimate of drug-likeness (QED) is 0.751. The van der Waals surface area contributed by atoms with Gasteiger partial charge in [0.2, 0.25) is 0 Å². The third-order valence-corrected chi connectivity index (χ3v) is 2.32. The minimum atomic E-state index is -0.401. The van der Waals surface area contributed by atoms with Crippen LogP contribution in [0.5, 0.6) is 0 Å². The zero-order chi connectivity index (χ0) is 10.6. The zero-order valence-electron chi connectivity index (χ0n) is 8.02. The number of carbonyl (C=O) groups excluding carboxylic acids is 1. The van der Waals surface area contributed by atoms with Crippen molar-refractivity contribution in [2.24, 2.45) is 0 Å². The van der Waals surface area contributed by atoms with Crippen LogP contribution in [0.1, 0.15) is 25.3 Å². The van der Waals surface area contributed by atoms with Gasteiger partial charge in [-0.25, -0.2) is 4.39 Å². The fourth-order valence-electron chi connectivity index (χ4n) is 1.27. The van der Waals surface area contributed by atoms with Gasteiger partial charge in [0, 0.05) is 23.4 Å². The molecule has 0 unspecified atom stereocenters. The van der Waals surface area contributed by atoms with E-state index in [0.717, 1.165) is 6.42 Å². The Morgan fingerprint density at radius 2 is 2.21 bits per heavy atom. The largest absolute Gasteiger partial charge is 0.299 e. The van der Waals surface area contributed by atoms with Crippen LogP contribution in [-0.2, 0) is 11.2 Å². The molecule has 0 aliphatic carbocycles. The molecular weight excluding hydrogens is 203 g/mol. The number of hydrogen-bond donors (Lipinski definition) is 0. The van der Waals surface area contributed by atoms with Crippen LogP contribution in [0.15, 0.2) is 18.2 Å². The van der Waals surface area contributed by atoms with Gasteiger partial charge in [-0.3, -0.25) is 4.79 Å². The van der Waals surface area contributed by atoms with Gasteiger partial charge < -0.3 is 0 Å². The van der Waals surface area contributed by atoms with Crippen LogP contribution in [0.2, 0.25) is 5.02 Å². The Bertz CT molecular complexity index is 316. The van der Waals surface area contributed by atoms with Gasteiger partial charge in [-0.1, -0.05) is 24.6 Å². The van der Waals surface area contributed by atoms with E-state index >= 15 is 0 Å². The summed E-state index contributed by atoms with van der Waals surface area (Å²) >= 11 is 5.78. The SMILES string of the molecule is CCCC(=O)Cc1c(F)cccc1Cl. The lowest BCUT2D eigenvalue weighted by molar-refractivity contribution is -0.118. The van der Waals surface area contributed by atoms with Crippen LogP contribution >= 0.6 is 11.6 Å². The first kappa shape index (κ1) is 11.2. The fraction of sp³-hybridized carbons (Fsp3) is 0.364. The van der Waals surface area contributed by atoms with E-state index in [0.29, 0.717) is 17.0 Å². The summed E-state index contributed by atoms with van der Waals surface area (Å²) in [5, 5.41) is 0.328. The molecule has 0 amide bonds. The number of benzene rings is 1. The molecule has 0 saturated heterocycles. The van der Waals surface area contributed by atoms with Crippen molar-refractivity contribution < 1.29 is 9.18 Å². The third kappa shape index (κ3) is 2.81. The van der Waals surface area contributed by atoms with Crippen molar-refractivity contribution in [2.75, 3.05) is 0 Å². The second kappa shape index (κ2) is 5.11. The molecule has 0 fully saturated rings. The summed E-state index contributed by atoms with van der Waals surface area (Å²) < 4.78 is 13.2. The molecule has 1 rings (SSSR count). The summed E-state index contributed by atoms with van der Waals surface area (Å²) in [7, 11) is 0. The standard InChI is InChI=1S/C11H12ClFO/c1-2-4-8(14)7-9-10(12)5-3-6-11(9)13/h3,5-6H,2,4,7H2,1H3. The summed E-state index contributed by atoms with van der Waals surface area (Å²) in [6, 6.07) is 4.45. The van der Waals surface area contributed by atoms with Gasteiger partial charge >= 0.3 is 0 Å². The number of hydrogen-bond acceptors (Lipinski definition) is 1. The number of halogens is 2. The lowest BCUT2D eigenvalue weighted by Gasteiger charge is -2.04. The number of carbonyl (C=O) groups is 1. The van der Waals surface area contributed by atoms with Crippen molar-refractivity contribution in [3.8, 4) is 0 Å². The minimum absolute atomic E-state index is 0.0273. The molecule has 3 heteroatoms. The van der Waals surface area contributed by atoms with Crippen LogP contribution in [0.4, 0.5) is 4.39 Å². The molecular formula is C11H12ClFO. The van der Waals surface area contributed by atoms with Crippen molar-refractivity contribution in [1.29, 1.82) is 0 Å². The number of Topliss-reactive ketones (excluding diaryl/α,β-unsaturated/α-hetero) is 1. The Morgan fingerprint density at radius 3 is 2.79 bits per heavy atom. The molecule has 1 aromatic rings. The third-order valence-electron chi connectivity index (χ3n) is 1.96. The maximum atomic E-state index is 13.2. The first-order chi connectivity index (χ1) is 6.65. The predicted octanol–water partition coefficient (Wildman–Crippen LogP) is 3.39. The van der Waals surface area contributed by atoms with Crippen molar-refractivity contribution in [2.45, 2.75) is 26.2 Å². The molecule has 0 bridgehead atoms. The Morgan fingerprint density at radius 1 is 1.50 bits per heavy atom. The van der Waals surface area contributed by atoms with Crippen LogP contribution in [0.3, 0.4) is 0 Å². The monoisotopic (exact) mass is 214 g/mol. The van der Waals surface area contributed by atoms with Crippen molar-refractivity contribution in [3.63, 3.8) is 0 Å². The molecule has 76 valence electrons. The molecule has 0 N–H and O–H groups in total. The van der Waals surface area contributed by atoms with Gasteiger partial charge in [0.05, 0.1) is 0 Å². The van der Waals surface area contributed by atoms with Gasteiger partial charge in [0.15, 0.2) is 0 Å². The van der Waals surface area contributed by atoms with Gasteiger partial charge in [0.25, 0.3) is 0 Å². The van der Waals surface area contributed by atoms with E-state index in [4.69, 9.17) is 11.6 Å². The van der Waals surface area contributed by atoms with Gasteiger partial charge in [-0.15, -0.1) is 0 Å². The highest BCUT2D eigenvalue weighted by Crippen LogP contribution is 2.20. The van der Waals surface area contributed by atoms with Crippen molar-refractivity contribution >= 4 is 17.4 Å². The highest BCUT2D eigenvalue weighted by Gasteiger charge is 2.10. The molecule has 0 aromatic heterocycles. The van der Waals surface area contributed by atoms with E-state index < -0.39 is 5.82 Å². The van der Waals surface area contributed by atoms with E-state index in [1.54, 1.807) is 6.07 Å². The van der Waals surface area contributed by atoms with E-state index in [-0.39, 0.29) is 12.2 Å². The second-order valence-electron chi connectivity index (χ2n) is 3.17. The van der Waals surface area contributed by atoms with Crippen LogP contribution in [0, 0.1) is 5.82 Å². The second-order valence-corrected chi connectivity index (χ2v) is 3.57. The lowest BCUT2D eigenvalue weighted by atomic mass is 10.1. The first-order valence-electron chi connectivity index (χ1n) is 4.59. The highest BCUT2D eigenvalue weighted by molar-refractivity contribution is 6.31. The Balaban J connectivity index is 2.80. The lowest BCUT2D eigenvalue weighted by Crippen LogP contribution is -2.04. The number of ketones is 1. The van der Waals surface area contributed by atoms with Crippen LogP contribution in [-0.4, -0.2) is 5.78 Å². The molecule has 1 nitrogen and oxygen atoms in total. The Hall–Kier alpha value is -0.890. The molecule has 0 saturated carbocycles. The molecule has 0 aliphatic heterocycles. The minimum Gasteiger partial charge on any atom is -0.299 e. The molecule has 1 aromatic carbocycles. The van der Waals surface area contributed by atoms with Crippen molar-refractivity contribution in [1.82, 2.24) is 0 Å². The molecule has 0 atom stereocenters. The number of rotatable bonds is 4. The van der Waals surface area contributed by atoms with Gasteiger partial charge in [-0.05, 0) is 18.6 Å². The Labute approximate surface area is 87.9 Å². The summed E-state index contributed by atoms with van der Waals surface area (Å²) in [4.78, 5) is 11.3. The average molecular weight is 215 g/mol.